The minimum Gasteiger partial charge on any atom is -0.444 e. The Bertz CT molecular complexity index is 1520. The van der Waals surface area contributed by atoms with E-state index in [1.807, 2.05) is 39.0 Å². The van der Waals surface area contributed by atoms with E-state index in [1.165, 1.54) is 9.59 Å². The quantitative estimate of drug-likeness (QED) is 0.352. The van der Waals surface area contributed by atoms with Crippen molar-refractivity contribution < 1.29 is 19.0 Å². The first kappa shape index (κ1) is 30.8. The van der Waals surface area contributed by atoms with Crippen LogP contribution < -0.4 is 5.32 Å². The van der Waals surface area contributed by atoms with Gasteiger partial charge in [0.15, 0.2) is 11.6 Å². The molecule has 2 saturated heterocycles. The van der Waals surface area contributed by atoms with Crippen LogP contribution in [0.1, 0.15) is 44.5 Å². The van der Waals surface area contributed by atoms with E-state index in [-0.39, 0.29) is 6.04 Å². The first-order valence-electron chi connectivity index (χ1n) is 13.7. The predicted molar refractivity (Wildman–Crippen MR) is 156 cm³/mol. The van der Waals surface area contributed by atoms with Crippen LogP contribution in [0.5, 0.6) is 0 Å². The molecule has 1 N–H and O–H groups in total. The number of hydrogen-bond acceptors (Lipinski definition) is 11. The maximum absolute atomic E-state index is 12.5. The van der Waals surface area contributed by atoms with E-state index in [9.17, 15) is 4.79 Å². The number of morpholine rings is 2. The van der Waals surface area contributed by atoms with Crippen molar-refractivity contribution in [2.75, 3.05) is 39.5 Å². The zero-order chi connectivity index (χ0) is 30.4. The van der Waals surface area contributed by atoms with Gasteiger partial charge in [-0.1, -0.05) is 35.3 Å². The van der Waals surface area contributed by atoms with Gasteiger partial charge < -0.3 is 19.5 Å². The molecule has 0 aliphatic carbocycles. The number of carbonyl (C=O) groups excluding carboxylic acids is 1. The fraction of sp³-hybridized carbons (Fsp3) is 0.444. The fourth-order valence-electron chi connectivity index (χ4n) is 4.23. The van der Waals surface area contributed by atoms with Crippen LogP contribution >= 0.6 is 23.2 Å². The molecule has 0 spiro atoms. The number of hydrogen-bond donors (Lipinski definition) is 1. The third-order valence-electron chi connectivity index (χ3n) is 6.22. The molecule has 14 nitrogen and oxygen atoms in total. The van der Waals surface area contributed by atoms with E-state index >= 15 is 0 Å². The molecule has 2 aliphatic heterocycles. The molecule has 2 aromatic carbocycles. The maximum Gasteiger partial charge on any atom is 0.411 e. The molecule has 2 aromatic heterocycles. The van der Waals surface area contributed by atoms with Crippen molar-refractivity contribution in [1.29, 1.82) is 0 Å². The number of nitrogens with zero attached hydrogens (tertiary/aromatic N) is 9. The van der Waals surface area contributed by atoms with Crippen molar-refractivity contribution in [1.82, 2.24) is 50.6 Å². The minimum atomic E-state index is -0.578. The lowest BCUT2D eigenvalue weighted by atomic mass is 10.2. The van der Waals surface area contributed by atoms with E-state index in [2.05, 4.69) is 36.1 Å². The van der Waals surface area contributed by atoms with E-state index < -0.39 is 17.7 Å². The molecule has 4 heterocycles. The molecular weight excluding hydrogens is 599 g/mol. The number of tetrazole rings is 2. The Morgan fingerprint density at radius 1 is 0.907 bits per heavy atom. The number of benzene rings is 2. The van der Waals surface area contributed by atoms with Crippen molar-refractivity contribution in [3.63, 3.8) is 0 Å². The van der Waals surface area contributed by atoms with Gasteiger partial charge in [-0.2, -0.15) is 0 Å². The second kappa shape index (κ2) is 13.7. The Hall–Kier alpha value is -3.69. The molecule has 0 radical (unpaired) electrons. The smallest absolute Gasteiger partial charge is 0.411 e. The van der Waals surface area contributed by atoms with Gasteiger partial charge in [0, 0.05) is 23.1 Å². The predicted octanol–water partition coefficient (Wildman–Crippen LogP) is 3.60. The Morgan fingerprint density at radius 3 is 2.09 bits per heavy atom. The van der Waals surface area contributed by atoms with Gasteiger partial charge >= 0.3 is 6.09 Å². The van der Waals surface area contributed by atoms with Gasteiger partial charge in [0.1, 0.15) is 11.6 Å². The molecule has 228 valence electrons. The van der Waals surface area contributed by atoms with Crippen LogP contribution in [0.25, 0.3) is 11.4 Å². The van der Waals surface area contributed by atoms with E-state index in [4.69, 9.17) is 37.4 Å². The number of halogens is 2. The first-order valence-corrected chi connectivity index (χ1v) is 14.4. The summed E-state index contributed by atoms with van der Waals surface area (Å²) in [7, 11) is 0. The molecule has 0 bridgehead atoms. The standard InChI is InChI=1S/C16H20ClN5O3.C11H12ClN5O/c1-16(2,3)25-15(23)21-7-8-24-10-13(21)14-18-20-22(19-14)12-6-4-5-11(17)9-12;12-8-2-1-3-9(6-8)17-15-11(14-16-17)10-7-18-5-4-13-10/h4-6,9,13H,7-8,10H2,1-3H3;1-3,6,10,13H,4-5,7H2. The van der Waals surface area contributed by atoms with Gasteiger partial charge in [-0.15, -0.1) is 30.0 Å². The van der Waals surface area contributed by atoms with Gasteiger partial charge in [0.05, 0.1) is 43.8 Å². The summed E-state index contributed by atoms with van der Waals surface area (Å²) in [5.74, 6) is 1.03. The van der Waals surface area contributed by atoms with Crippen LogP contribution in [-0.4, -0.2) is 96.5 Å². The van der Waals surface area contributed by atoms with Crippen LogP contribution in [0.15, 0.2) is 48.5 Å². The number of rotatable bonds is 4. The van der Waals surface area contributed by atoms with Crippen molar-refractivity contribution in [2.24, 2.45) is 0 Å². The fourth-order valence-corrected chi connectivity index (χ4v) is 4.60. The van der Waals surface area contributed by atoms with Crippen molar-refractivity contribution in [3.05, 3.63) is 70.2 Å². The van der Waals surface area contributed by atoms with Crippen LogP contribution in [0.4, 0.5) is 4.79 Å². The summed E-state index contributed by atoms with van der Waals surface area (Å²) in [6, 6.07) is 14.0. The zero-order valence-corrected chi connectivity index (χ0v) is 25.4. The van der Waals surface area contributed by atoms with E-state index in [1.54, 1.807) is 35.2 Å². The average molecular weight is 632 g/mol. The molecule has 43 heavy (non-hydrogen) atoms. The maximum atomic E-state index is 12.5. The summed E-state index contributed by atoms with van der Waals surface area (Å²) < 4.78 is 16.3. The topological polar surface area (TPSA) is 147 Å². The molecule has 2 unspecified atom stereocenters. The molecule has 2 aliphatic rings. The third kappa shape index (κ3) is 8.24. The highest BCUT2D eigenvalue weighted by Crippen LogP contribution is 2.24. The van der Waals surface area contributed by atoms with Gasteiger partial charge in [-0.25, -0.2) is 4.79 Å². The third-order valence-corrected chi connectivity index (χ3v) is 6.69. The molecule has 4 aromatic rings. The van der Waals surface area contributed by atoms with Crippen LogP contribution in [0.2, 0.25) is 10.0 Å². The summed E-state index contributed by atoms with van der Waals surface area (Å²) in [5, 5.41) is 29.4. The monoisotopic (exact) mass is 630 g/mol. The van der Waals surface area contributed by atoms with Crippen molar-refractivity contribution >= 4 is 29.3 Å². The Balaban J connectivity index is 0.000000180. The lowest BCUT2D eigenvalue weighted by Gasteiger charge is -2.34. The Kier molecular flexibility index (Phi) is 9.82. The minimum absolute atomic E-state index is 0.00619. The number of aromatic nitrogens is 8. The molecule has 6 rings (SSSR count). The Labute approximate surface area is 258 Å². The number of ether oxygens (including phenoxy) is 3. The molecule has 0 saturated carbocycles. The SMILES string of the molecule is CC(C)(C)OC(=O)N1CCOCC1c1nnn(-c2cccc(Cl)c2)n1.Clc1cccc(-n2nnc(C3COCCN3)n2)c1. The van der Waals surface area contributed by atoms with Gasteiger partial charge in [0.2, 0.25) is 0 Å². The summed E-state index contributed by atoms with van der Waals surface area (Å²) in [5.41, 5.74) is 0.899. The Morgan fingerprint density at radius 2 is 1.51 bits per heavy atom. The lowest BCUT2D eigenvalue weighted by Crippen LogP contribution is -2.46. The summed E-state index contributed by atoms with van der Waals surface area (Å²) >= 11 is 11.9. The van der Waals surface area contributed by atoms with Gasteiger partial charge in [-0.05, 0) is 67.6 Å². The summed E-state index contributed by atoms with van der Waals surface area (Å²) in [6.45, 7) is 8.72. The second-order valence-corrected chi connectivity index (χ2v) is 11.6. The highest BCUT2D eigenvalue weighted by Gasteiger charge is 2.35. The highest BCUT2D eigenvalue weighted by atomic mass is 35.5. The van der Waals surface area contributed by atoms with Crippen LogP contribution in [-0.2, 0) is 14.2 Å². The van der Waals surface area contributed by atoms with Gasteiger partial charge in [0.25, 0.3) is 0 Å². The number of nitrogens with one attached hydrogen (secondary N) is 1. The van der Waals surface area contributed by atoms with Crippen molar-refractivity contribution in [3.8, 4) is 11.4 Å². The van der Waals surface area contributed by atoms with E-state index in [0.717, 1.165) is 18.8 Å². The normalized spacial score (nSPS) is 19.0. The van der Waals surface area contributed by atoms with E-state index in [0.29, 0.717) is 53.7 Å². The number of amides is 1. The van der Waals surface area contributed by atoms with Crippen LogP contribution in [0.3, 0.4) is 0 Å². The first-order chi connectivity index (χ1) is 20.7. The number of carbonyl (C=O) groups is 1. The highest BCUT2D eigenvalue weighted by molar-refractivity contribution is 6.31. The summed E-state index contributed by atoms with van der Waals surface area (Å²) in [4.78, 5) is 16.9. The van der Waals surface area contributed by atoms with Crippen molar-refractivity contribution in [2.45, 2.75) is 38.5 Å². The van der Waals surface area contributed by atoms with Gasteiger partial charge in [-0.3, -0.25) is 4.90 Å². The molecular formula is C27H32Cl2N10O4. The lowest BCUT2D eigenvalue weighted by molar-refractivity contribution is -0.0351. The second-order valence-electron chi connectivity index (χ2n) is 10.7. The molecule has 1 amide bonds. The molecule has 2 fully saturated rings. The zero-order valence-electron chi connectivity index (χ0n) is 23.9. The van der Waals surface area contributed by atoms with Crippen LogP contribution in [0, 0.1) is 0 Å². The average Bonchev–Trinajstić information content (AvgIpc) is 3.68. The summed E-state index contributed by atoms with van der Waals surface area (Å²) in [6.07, 6.45) is -0.417. The molecule has 16 heteroatoms. The molecule has 2 atom stereocenters. The largest absolute Gasteiger partial charge is 0.444 e.